The highest BCUT2D eigenvalue weighted by Gasteiger charge is 2.20. The van der Waals surface area contributed by atoms with Crippen LogP contribution in [0.5, 0.6) is 0 Å². The smallest absolute Gasteiger partial charge is 0.223 e. The van der Waals surface area contributed by atoms with E-state index in [0.717, 1.165) is 45.3 Å². The zero-order valence-electron chi connectivity index (χ0n) is 14.2. The lowest BCUT2D eigenvalue weighted by atomic mass is 10.0. The number of carbonyl (C=O) groups is 2. The highest BCUT2D eigenvalue weighted by molar-refractivity contribution is 5.85. The van der Waals surface area contributed by atoms with Crippen LogP contribution in [-0.2, 0) is 9.59 Å². The fourth-order valence-electron chi connectivity index (χ4n) is 2.84. The summed E-state index contributed by atoms with van der Waals surface area (Å²) in [5.41, 5.74) is 0. The molecule has 2 atom stereocenters. The molecule has 0 aliphatic carbocycles. The zero-order valence-corrected chi connectivity index (χ0v) is 15.0. The van der Waals surface area contributed by atoms with Gasteiger partial charge in [0, 0.05) is 38.0 Å². The summed E-state index contributed by atoms with van der Waals surface area (Å²) in [7, 11) is 0. The van der Waals surface area contributed by atoms with Crippen molar-refractivity contribution in [2.45, 2.75) is 71.4 Å². The topological polar surface area (TPSA) is 61.4 Å². The van der Waals surface area contributed by atoms with Crippen LogP contribution >= 0.6 is 12.4 Å². The van der Waals surface area contributed by atoms with Gasteiger partial charge in [-0.05, 0) is 39.2 Å². The molecule has 1 fully saturated rings. The molecule has 5 nitrogen and oxygen atoms in total. The van der Waals surface area contributed by atoms with Crippen molar-refractivity contribution in [2.24, 2.45) is 0 Å². The van der Waals surface area contributed by atoms with Gasteiger partial charge in [-0.3, -0.25) is 9.59 Å². The minimum atomic E-state index is 0. The standard InChI is InChI=1S/C16H31N3O2.ClH/c1-4-10-19(11-5-2)16(21)7-6-15(20)18-14-8-9-17-13(3)12-14;/h13-14,17H,4-12H2,1-3H3,(H,18,20);1H. The van der Waals surface area contributed by atoms with Gasteiger partial charge in [0.15, 0.2) is 0 Å². The van der Waals surface area contributed by atoms with Crippen LogP contribution in [0.1, 0.15) is 59.3 Å². The third-order valence-electron chi connectivity index (χ3n) is 3.89. The molecule has 0 aromatic carbocycles. The molecule has 0 spiro atoms. The quantitative estimate of drug-likeness (QED) is 0.715. The molecule has 0 saturated carbocycles. The number of nitrogens with one attached hydrogen (secondary N) is 2. The fraction of sp³-hybridized carbons (Fsp3) is 0.875. The Balaban J connectivity index is 0.00000441. The summed E-state index contributed by atoms with van der Waals surface area (Å²) in [5, 5.41) is 6.42. The van der Waals surface area contributed by atoms with Gasteiger partial charge in [-0.1, -0.05) is 13.8 Å². The summed E-state index contributed by atoms with van der Waals surface area (Å²) in [6.07, 6.45) is 4.50. The average molecular weight is 334 g/mol. The summed E-state index contributed by atoms with van der Waals surface area (Å²) in [6, 6.07) is 0.710. The van der Waals surface area contributed by atoms with E-state index in [4.69, 9.17) is 0 Å². The molecule has 2 unspecified atom stereocenters. The molecule has 2 N–H and O–H groups in total. The molecule has 2 amide bonds. The van der Waals surface area contributed by atoms with Gasteiger partial charge >= 0.3 is 0 Å². The molecule has 0 radical (unpaired) electrons. The molecule has 0 bridgehead atoms. The Labute approximate surface area is 141 Å². The lowest BCUT2D eigenvalue weighted by Crippen LogP contribution is -2.46. The first kappa shape index (κ1) is 21.2. The lowest BCUT2D eigenvalue weighted by molar-refractivity contribution is -0.133. The molecule has 1 rings (SSSR count). The van der Waals surface area contributed by atoms with Crippen molar-refractivity contribution in [3.63, 3.8) is 0 Å². The molecule has 0 aromatic rings. The van der Waals surface area contributed by atoms with Crippen LogP contribution < -0.4 is 10.6 Å². The molecule has 0 aromatic heterocycles. The average Bonchev–Trinajstić information content (AvgIpc) is 2.44. The van der Waals surface area contributed by atoms with Crippen LogP contribution in [0.15, 0.2) is 0 Å². The van der Waals surface area contributed by atoms with Crippen LogP contribution in [0.3, 0.4) is 0 Å². The highest BCUT2D eigenvalue weighted by Crippen LogP contribution is 2.09. The van der Waals surface area contributed by atoms with Crippen LogP contribution in [-0.4, -0.2) is 48.4 Å². The van der Waals surface area contributed by atoms with Crippen molar-refractivity contribution in [2.75, 3.05) is 19.6 Å². The molecule has 6 heteroatoms. The number of carbonyl (C=O) groups excluding carboxylic acids is 2. The van der Waals surface area contributed by atoms with Crippen molar-refractivity contribution in [1.29, 1.82) is 0 Å². The Morgan fingerprint density at radius 1 is 1.18 bits per heavy atom. The second kappa shape index (κ2) is 11.7. The number of piperidine rings is 1. The molecule has 22 heavy (non-hydrogen) atoms. The van der Waals surface area contributed by atoms with E-state index in [2.05, 4.69) is 31.4 Å². The maximum absolute atomic E-state index is 12.1. The number of amides is 2. The predicted octanol–water partition coefficient (Wildman–Crippen LogP) is 2.09. The summed E-state index contributed by atoms with van der Waals surface area (Å²) < 4.78 is 0. The second-order valence-corrected chi connectivity index (χ2v) is 6.02. The predicted molar refractivity (Wildman–Crippen MR) is 92.3 cm³/mol. The van der Waals surface area contributed by atoms with E-state index in [1.54, 1.807) is 0 Å². The Morgan fingerprint density at radius 2 is 1.82 bits per heavy atom. The first-order valence-corrected chi connectivity index (χ1v) is 8.37. The summed E-state index contributed by atoms with van der Waals surface area (Å²) in [6.45, 7) is 8.81. The van der Waals surface area contributed by atoms with E-state index < -0.39 is 0 Å². The number of rotatable bonds is 8. The maximum atomic E-state index is 12.1. The van der Waals surface area contributed by atoms with E-state index in [-0.39, 0.29) is 30.3 Å². The largest absolute Gasteiger partial charge is 0.353 e. The molecular weight excluding hydrogens is 302 g/mol. The Bertz CT molecular complexity index is 333. The SMILES string of the molecule is CCCN(CCC)C(=O)CCC(=O)NC1CCNC(C)C1.Cl. The van der Waals surface area contributed by atoms with E-state index in [0.29, 0.717) is 18.9 Å². The first-order valence-electron chi connectivity index (χ1n) is 8.37. The Hall–Kier alpha value is -0.810. The van der Waals surface area contributed by atoms with Gasteiger partial charge < -0.3 is 15.5 Å². The monoisotopic (exact) mass is 333 g/mol. The number of nitrogens with zero attached hydrogens (tertiary/aromatic N) is 1. The maximum Gasteiger partial charge on any atom is 0.223 e. The second-order valence-electron chi connectivity index (χ2n) is 6.02. The highest BCUT2D eigenvalue weighted by atomic mass is 35.5. The summed E-state index contributed by atoms with van der Waals surface area (Å²) >= 11 is 0. The molecular formula is C16H32ClN3O2. The van der Waals surface area contributed by atoms with E-state index in [1.807, 2.05) is 4.90 Å². The number of halogens is 1. The van der Waals surface area contributed by atoms with Gasteiger partial charge in [-0.2, -0.15) is 0 Å². The van der Waals surface area contributed by atoms with Crippen molar-refractivity contribution in [3.05, 3.63) is 0 Å². The van der Waals surface area contributed by atoms with E-state index >= 15 is 0 Å². The van der Waals surface area contributed by atoms with Crippen LogP contribution in [0, 0.1) is 0 Å². The number of hydrogen-bond donors (Lipinski definition) is 2. The van der Waals surface area contributed by atoms with Gasteiger partial charge in [0.2, 0.25) is 11.8 Å². The third kappa shape index (κ3) is 7.99. The van der Waals surface area contributed by atoms with Gasteiger partial charge in [0.05, 0.1) is 0 Å². The summed E-state index contributed by atoms with van der Waals surface area (Å²) in [4.78, 5) is 25.9. The number of hydrogen-bond acceptors (Lipinski definition) is 3. The Kier molecular flexibility index (Phi) is 11.3. The van der Waals surface area contributed by atoms with E-state index in [9.17, 15) is 9.59 Å². The van der Waals surface area contributed by atoms with Gasteiger partial charge in [-0.15, -0.1) is 12.4 Å². The van der Waals surface area contributed by atoms with Crippen molar-refractivity contribution in [3.8, 4) is 0 Å². The molecule has 130 valence electrons. The van der Waals surface area contributed by atoms with Gasteiger partial charge in [0.25, 0.3) is 0 Å². The van der Waals surface area contributed by atoms with Crippen LogP contribution in [0.4, 0.5) is 0 Å². The lowest BCUT2D eigenvalue weighted by Gasteiger charge is -2.28. The van der Waals surface area contributed by atoms with Crippen molar-refractivity contribution >= 4 is 24.2 Å². The van der Waals surface area contributed by atoms with Crippen molar-refractivity contribution in [1.82, 2.24) is 15.5 Å². The molecule has 1 saturated heterocycles. The fourth-order valence-corrected chi connectivity index (χ4v) is 2.84. The minimum Gasteiger partial charge on any atom is -0.353 e. The zero-order chi connectivity index (χ0) is 15.7. The van der Waals surface area contributed by atoms with Crippen molar-refractivity contribution < 1.29 is 9.59 Å². The van der Waals surface area contributed by atoms with Crippen LogP contribution in [0.25, 0.3) is 0 Å². The Morgan fingerprint density at radius 3 is 2.36 bits per heavy atom. The van der Waals surface area contributed by atoms with Gasteiger partial charge in [-0.25, -0.2) is 0 Å². The normalized spacial score (nSPS) is 20.9. The van der Waals surface area contributed by atoms with Gasteiger partial charge in [0.1, 0.15) is 0 Å². The van der Waals surface area contributed by atoms with Crippen LogP contribution in [0.2, 0.25) is 0 Å². The van der Waals surface area contributed by atoms with E-state index in [1.165, 1.54) is 0 Å². The molecule has 1 aliphatic heterocycles. The minimum absolute atomic E-state index is 0. The molecule has 1 heterocycles. The first-order chi connectivity index (χ1) is 10.1. The molecule has 1 aliphatic rings. The third-order valence-corrected chi connectivity index (χ3v) is 3.89. The summed E-state index contributed by atoms with van der Waals surface area (Å²) in [5.74, 6) is 0.114.